The number of nitrogens with zero attached hydrogens (tertiary/aromatic N) is 2. The summed E-state index contributed by atoms with van der Waals surface area (Å²) in [5.41, 5.74) is 11.9. The zero-order valence-corrected chi connectivity index (χ0v) is 30.0. The van der Waals surface area contributed by atoms with Crippen molar-refractivity contribution in [3.8, 4) is 0 Å². The molecule has 49 heavy (non-hydrogen) atoms. The number of hydrogen-bond donors (Lipinski definition) is 0. The van der Waals surface area contributed by atoms with Gasteiger partial charge in [0.05, 0.1) is 0 Å². The van der Waals surface area contributed by atoms with Crippen molar-refractivity contribution >= 4 is 69.5 Å². The Kier molecular flexibility index (Phi) is 5.03. The lowest BCUT2D eigenvalue weighted by Crippen LogP contribution is -2.84. The summed E-state index contributed by atoms with van der Waals surface area (Å²) >= 11 is 0. The highest BCUT2D eigenvalue weighted by Crippen LogP contribution is 2.62. The van der Waals surface area contributed by atoms with Crippen LogP contribution in [-0.4, -0.2) is 25.9 Å². The largest absolute Gasteiger partial charge is 0.336 e. The van der Waals surface area contributed by atoms with Crippen molar-refractivity contribution in [3.63, 3.8) is 0 Å². The Bertz CT molecular complexity index is 1910. The van der Waals surface area contributed by atoms with Crippen LogP contribution in [0.4, 0.5) is 22.7 Å². The monoisotopic (exact) mass is 654 g/mol. The van der Waals surface area contributed by atoms with E-state index in [1.807, 2.05) is 0 Å². The van der Waals surface area contributed by atoms with Gasteiger partial charge in [-0.05, 0) is 158 Å². The van der Waals surface area contributed by atoms with Crippen LogP contribution in [0.1, 0.15) is 77.0 Å². The van der Waals surface area contributed by atoms with Crippen LogP contribution in [0.25, 0.3) is 0 Å². The van der Waals surface area contributed by atoms with Crippen LogP contribution in [0.3, 0.4) is 0 Å². The van der Waals surface area contributed by atoms with Crippen LogP contribution in [0.2, 0.25) is 6.55 Å². The molecule has 15 rings (SSSR count). The Balaban J connectivity index is 1.14. The lowest BCUT2D eigenvalue weighted by molar-refractivity contribution is 0.000359. The average Bonchev–Trinajstić information content (AvgIpc) is 3.09. The van der Waals surface area contributed by atoms with Gasteiger partial charge in [0.15, 0.2) is 0 Å². The van der Waals surface area contributed by atoms with Gasteiger partial charge in [-0.25, -0.2) is 0 Å². The Morgan fingerprint density at radius 1 is 0.469 bits per heavy atom. The molecule has 0 unspecified atom stereocenters. The molecule has 0 spiro atoms. The molecule has 8 aliphatic carbocycles. The summed E-state index contributed by atoms with van der Waals surface area (Å²) in [5, 5.41) is 4.94. The summed E-state index contributed by atoms with van der Waals surface area (Å²) in [7, 11) is -2.32. The van der Waals surface area contributed by atoms with Crippen LogP contribution in [0.15, 0.2) is 84.9 Å². The van der Waals surface area contributed by atoms with Gasteiger partial charge in [0.2, 0.25) is 0 Å². The van der Waals surface area contributed by atoms with Crippen LogP contribution >= 0.6 is 0 Å². The second kappa shape index (κ2) is 8.97. The summed E-state index contributed by atoms with van der Waals surface area (Å²) < 4.78 is 0. The maximum Gasteiger partial charge on any atom is 0.251 e. The number of anilines is 4. The summed E-state index contributed by atoms with van der Waals surface area (Å²) in [4.78, 5) is 6.12. The standard InChI is InChI=1S/C45H47BN2Si/c1-49(34-8-3-2-4-9-34)39-14-6-12-37-42(39)46-41-35(47(37)44-22-28-16-29(23-44)18-30(17-28)24-44)10-5-11-36(41)48(38-13-7-15-40(49)43(38)46)45-25-31-19-32(26-45)21-33(20-31)27-45/h2-15,28-33H,16-27H2,1H3. The molecule has 0 radical (unpaired) electrons. The van der Waals surface area contributed by atoms with Gasteiger partial charge < -0.3 is 9.80 Å². The molecular formula is C45H47BN2Si. The predicted molar refractivity (Wildman–Crippen MR) is 207 cm³/mol. The molecule has 2 nitrogen and oxygen atoms in total. The van der Waals surface area contributed by atoms with Crippen molar-refractivity contribution in [2.75, 3.05) is 9.80 Å². The Hall–Kier alpha value is -3.24. The molecule has 3 heterocycles. The van der Waals surface area contributed by atoms with Gasteiger partial charge in [0.25, 0.3) is 6.71 Å². The third kappa shape index (κ3) is 3.25. The minimum Gasteiger partial charge on any atom is -0.336 e. The highest BCUT2D eigenvalue weighted by Gasteiger charge is 2.62. The highest BCUT2D eigenvalue weighted by atomic mass is 28.3. The van der Waals surface area contributed by atoms with Gasteiger partial charge >= 0.3 is 0 Å². The normalized spacial score (nSPS) is 39.1. The number of benzene rings is 4. The lowest BCUT2D eigenvalue weighted by Gasteiger charge is -2.65. The molecule has 4 aromatic rings. The van der Waals surface area contributed by atoms with Crippen LogP contribution in [0.5, 0.6) is 0 Å². The van der Waals surface area contributed by atoms with Gasteiger partial charge in [0.1, 0.15) is 8.07 Å². The molecule has 244 valence electrons. The van der Waals surface area contributed by atoms with E-state index in [-0.39, 0.29) is 11.1 Å². The van der Waals surface area contributed by atoms with Crippen molar-refractivity contribution in [1.29, 1.82) is 0 Å². The highest BCUT2D eigenvalue weighted by molar-refractivity contribution is 7.21. The zero-order valence-electron chi connectivity index (χ0n) is 29.0. The fourth-order valence-corrected chi connectivity index (χ4v) is 20.1. The second-order valence-corrected chi connectivity index (χ2v) is 23.0. The molecule has 8 bridgehead atoms. The molecule has 0 saturated heterocycles. The third-order valence-corrected chi connectivity index (χ3v) is 21.0. The van der Waals surface area contributed by atoms with Crippen molar-refractivity contribution in [1.82, 2.24) is 0 Å². The van der Waals surface area contributed by atoms with Gasteiger partial charge in [-0.2, -0.15) is 0 Å². The maximum absolute atomic E-state index is 3.06. The quantitative estimate of drug-likeness (QED) is 0.234. The first-order chi connectivity index (χ1) is 24.0. The van der Waals surface area contributed by atoms with E-state index in [4.69, 9.17) is 0 Å². The fraction of sp³-hybridized carbons (Fsp3) is 0.467. The van der Waals surface area contributed by atoms with E-state index in [9.17, 15) is 0 Å². The Morgan fingerprint density at radius 2 is 0.837 bits per heavy atom. The number of rotatable bonds is 3. The summed E-state index contributed by atoms with van der Waals surface area (Å²) in [5.74, 6) is 5.52. The molecular weight excluding hydrogens is 607 g/mol. The van der Waals surface area contributed by atoms with E-state index < -0.39 is 8.07 Å². The minimum atomic E-state index is -2.32. The third-order valence-electron chi connectivity index (χ3n) is 16.4. The molecule has 4 heteroatoms. The molecule has 0 aromatic heterocycles. The summed E-state index contributed by atoms with van der Waals surface area (Å²) in [6.07, 6.45) is 17.3. The zero-order chi connectivity index (χ0) is 31.9. The topological polar surface area (TPSA) is 6.48 Å². The van der Waals surface area contributed by atoms with E-state index in [0.717, 1.165) is 35.5 Å². The first kappa shape index (κ1) is 27.5. The van der Waals surface area contributed by atoms with E-state index >= 15 is 0 Å². The molecule has 0 amide bonds. The SMILES string of the molecule is C[Si]1(c2ccccc2)c2cccc3c2B2c4c(cccc4N(C45CC6CC(CC(C6)C4)C5)c4cccc1c42)N3C12CC3CC(CC(C3)C1)C2. The average molecular weight is 655 g/mol. The fourth-order valence-electron chi connectivity index (χ4n) is 15.8. The first-order valence-corrected chi connectivity index (χ1v) is 22.6. The van der Waals surface area contributed by atoms with E-state index in [0.29, 0.717) is 6.71 Å². The first-order valence-electron chi connectivity index (χ1n) is 20.1. The van der Waals surface area contributed by atoms with Gasteiger partial charge in [-0.1, -0.05) is 77.6 Å². The molecule has 0 N–H and O–H groups in total. The van der Waals surface area contributed by atoms with Crippen molar-refractivity contribution in [2.45, 2.75) is 94.7 Å². The second-order valence-electron chi connectivity index (χ2n) is 19.1. The van der Waals surface area contributed by atoms with E-state index in [1.165, 1.54) is 77.0 Å². The summed E-state index contributed by atoms with van der Waals surface area (Å²) in [6, 6.07) is 34.7. The van der Waals surface area contributed by atoms with Gasteiger partial charge in [0, 0.05) is 33.8 Å². The Labute approximate surface area is 293 Å². The lowest BCUT2D eigenvalue weighted by atomic mass is 9.32. The molecule has 8 saturated carbocycles. The van der Waals surface area contributed by atoms with Gasteiger partial charge in [-0.3, -0.25) is 0 Å². The van der Waals surface area contributed by atoms with Crippen molar-refractivity contribution < 1.29 is 0 Å². The van der Waals surface area contributed by atoms with Gasteiger partial charge in [-0.15, -0.1) is 0 Å². The van der Waals surface area contributed by atoms with Crippen LogP contribution in [0, 0.1) is 35.5 Å². The minimum absolute atomic E-state index is 0.261. The molecule has 0 atom stereocenters. The maximum atomic E-state index is 3.06. The summed E-state index contributed by atoms with van der Waals surface area (Å²) in [6.45, 7) is 3.05. The Morgan fingerprint density at radius 3 is 1.24 bits per heavy atom. The van der Waals surface area contributed by atoms with Crippen molar-refractivity contribution in [3.05, 3.63) is 84.9 Å². The molecule has 4 aromatic carbocycles. The van der Waals surface area contributed by atoms with Crippen LogP contribution in [-0.2, 0) is 0 Å². The number of hydrogen-bond acceptors (Lipinski definition) is 2. The van der Waals surface area contributed by atoms with E-state index in [2.05, 4.69) is 101 Å². The molecule has 11 aliphatic rings. The molecule has 8 fully saturated rings. The van der Waals surface area contributed by atoms with E-state index in [1.54, 1.807) is 54.7 Å². The predicted octanol–water partition coefficient (Wildman–Crippen LogP) is 6.46. The van der Waals surface area contributed by atoms with Crippen LogP contribution < -0.4 is 41.7 Å². The smallest absolute Gasteiger partial charge is 0.251 e. The molecule has 3 aliphatic heterocycles. The van der Waals surface area contributed by atoms with Crippen molar-refractivity contribution in [2.24, 2.45) is 35.5 Å².